The zero-order chi connectivity index (χ0) is 14.0. The minimum Gasteiger partial charge on any atom is -0.338 e. The third-order valence-corrected chi connectivity index (χ3v) is 5.69. The number of aryl methyl sites for hydroxylation is 1. The van der Waals surface area contributed by atoms with Crippen LogP contribution in [0.4, 0.5) is 0 Å². The van der Waals surface area contributed by atoms with Gasteiger partial charge >= 0.3 is 0 Å². The predicted molar refractivity (Wildman–Crippen MR) is 80.2 cm³/mol. The molecule has 1 unspecified atom stereocenters. The normalized spacial score (nSPS) is 18.7. The van der Waals surface area contributed by atoms with Crippen molar-refractivity contribution in [2.24, 2.45) is 11.1 Å². The first-order chi connectivity index (χ1) is 8.97. The Morgan fingerprint density at radius 3 is 2.63 bits per heavy atom. The van der Waals surface area contributed by atoms with Gasteiger partial charge in [0.2, 0.25) is 5.91 Å². The summed E-state index contributed by atoms with van der Waals surface area (Å²) in [7, 11) is 1.91. The molecule has 3 nitrogen and oxygen atoms in total. The molecule has 1 aliphatic carbocycles. The largest absolute Gasteiger partial charge is 0.338 e. The van der Waals surface area contributed by atoms with E-state index in [0.717, 1.165) is 12.8 Å². The van der Waals surface area contributed by atoms with Crippen LogP contribution in [0.5, 0.6) is 0 Å². The molecule has 0 aromatic carbocycles. The Labute approximate surface area is 119 Å². The van der Waals surface area contributed by atoms with Gasteiger partial charge in [-0.3, -0.25) is 4.79 Å². The molecule has 1 aromatic rings. The van der Waals surface area contributed by atoms with E-state index in [2.05, 4.69) is 26.0 Å². The summed E-state index contributed by atoms with van der Waals surface area (Å²) in [4.78, 5) is 16.8. The minimum absolute atomic E-state index is 0.0937. The van der Waals surface area contributed by atoms with E-state index < -0.39 is 0 Å². The van der Waals surface area contributed by atoms with Gasteiger partial charge in [-0.25, -0.2) is 0 Å². The molecule has 0 spiro atoms. The molecule has 1 amide bonds. The number of rotatable bonds is 5. The lowest BCUT2D eigenvalue weighted by molar-refractivity contribution is -0.135. The topological polar surface area (TPSA) is 46.3 Å². The van der Waals surface area contributed by atoms with Crippen LogP contribution < -0.4 is 5.73 Å². The summed E-state index contributed by atoms with van der Waals surface area (Å²) in [5, 5.41) is 0. The van der Waals surface area contributed by atoms with Crippen molar-refractivity contribution in [3.05, 3.63) is 21.9 Å². The highest BCUT2D eigenvalue weighted by atomic mass is 32.1. The number of nitrogens with zero attached hydrogens (tertiary/aromatic N) is 1. The van der Waals surface area contributed by atoms with Crippen LogP contribution >= 0.6 is 11.3 Å². The van der Waals surface area contributed by atoms with Crippen LogP contribution in [0.15, 0.2) is 12.1 Å². The fraction of sp³-hybridized carbons (Fsp3) is 0.667. The Morgan fingerprint density at radius 1 is 1.53 bits per heavy atom. The standard InChI is InChI=1S/C15H24N2OS/c1-11-5-6-13(19-11)12(2)17(3)14(18)9-15(10-16)7-4-8-15/h5-6,12H,4,7-10,16H2,1-3H3. The zero-order valence-corrected chi connectivity index (χ0v) is 12.9. The van der Waals surface area contributed by atoms with Crippen molar-refractivity contribution in [1.82, 2.24) is 4.90 Å². The second-order valence-electron chi connectivity index (χ2n) is 5.86. The summed E-state index contributed by atoms with van der Waals surface area (Å²) in [6.07, 6.45) is 4.04. The van der Waals surface area contributed by atoms with Gasteiger partial charge in [0.05, 0.1) is 6.04 Å². The second-order valence-corrected chi connectivity index (χ2v) is 7.18. The number of thiophene rings is 1. The SMILES string of the molecule is Cc1ccc(C(C)N(C)C(=O)CC2(CN)CCC2)s1. The molecule has 2 N–H and O–H groups in total. The van der Waals surface area contributed by atoms with Crippen LogP contribution in [0.3, 0.4) is 0 Å². The molecule has 0 bridgehead atoms. The first kappa shape index (κ1) is 14.5. The predicted octanol–water partition coefficient (Wildman–Crippen LogP) is 3.10. The Kier molecular flexibility index (Phi) is 4.31. The maximum absolute atomic E-state index is 12.4. The minimum atomic E-state index is 0.0937. The summed E-state index contributed by atoms with van der Waals surface area (Å²) < 4.78 is 0. The fourth-order valence-electron chi connectivity index (χ4n) is 2.66. The van der Waals surface area contributed by atoms with Crippen molar-refractivity contribution in [2.75, 3.05) is 13.6 Å². The molecule has 0 radical (unpaired) electrons. The maximum atomic E-state index is 12.4. The van der Waals surface area contributed by atoms with Gasteiger partial charge in [-0.2, -0.15) is 0 Å². The summed E-state index contributed by atoms with van der Waals surface area (Å²) >= 11 is 1.77. The van der Waals surface area contributed by atoms with Crippen molar-refractivity contribution in [1.29, 1.82) is 0 Å². The van der Waals surface area contributed by atoms with E-state index in [0.29, 0.717) is 13.0 Å². The molecule has 1 fully saturated rings. The van der Waals surface area contributed by atoms with Crippen molar-refractivity contribution < 1.29 is 4.79 Å². The molecule has 19 heavy (non-hydrogen) atoms. The third kappa shape index (κ3) is 3.00. The average Bonchev–Trinajstić information content (AvgIpc) is 2.78. The maximum Gasteiger partial charge on any atom is 0.223 e. The Bertz CT molecular complexity index is 445. The molecule has 1 atom stereocenters. The van der Waals surface area contributed by atoms with Gasteiger partial charge in [-0.15, -0.1) is 11.3 Å². The molecule has 106 valence electrons. The van der Waals surface area contributed by atoms with Crippen LogP contribution in [0, 0.1) is 12.3 Å². The van der Waals surface area contributed by atoms with E-state index in [9.17, 15) is 4.79 Å². The van der Waals surface area contributed by atoms with Gasteiger partial charge in [0.25, 0.3) is 0 Å². The van der Waals surface area contributed by atoms with Gasteiger partial charge in [-0.1, -0.05) is 6.42 Å². The van der Waals surface area contributed by atoms with E-state index in [4.69, 9.17) is 5.73 Å². The molecule has 1 heterocycles. The highest BCUT2D eigenvalue weighted by Crippen LogP contribution is 2.43. The average molecular weight is 280 g/mol. The highest BCUT2D eigenvalue weighted by Gasteiger charge is 2.38. The van der Waals surface area contributed by atoms with Crippen molar-refractivity contribution >= 4 is 17.2 Å². The number of hydrogen-bond acceptors (Lipinski definition) is 3. The van der Waals surface area contributed by atoms with E-state index in [1.165, 1.54) is 16.2 Å². The molecular formula is C15H24N2OS. The number of hydrogen-bond donors (Lipinski definition) is 1. The van der Waals surface area contributed by atoms with E-state index in [-0.39, 0.29) is 17.4 Å². The Morgan fingerprint density at radius 2 is 2.21 bits per heavy atom. The molecule has 4 heteroatoms. The van der Waals surface area contributed by atoms with E-state index in [1.54, 1.807) is 11.3 Å². The quantitative estimate of drug-likeness (QED) is 0.901. The van der Waals surface area contributed by atoms with Crippen LogP contribution in [-0.2, 0) is 4.79 Å². The smallest absolute Gasteiger partial charge is 0.223 e. The van der Waals surface area contributed by atoms with E-state index in [1.807, 2.05) is 11.9 Å². The number of amides is 1. The van der Waals surface area contributed by atoms with Gasteiger partial charge in [0.1, 0.15) is 0 Å². The molecule has 0 aliphatic heterocycles. The van der Waals surface area contributed by atoms with Gasteiger partial charge in [0, 0.05) is 23.2 Å². The number of carbonyl (C=O) groups excluding carboxylic acids is 1. The summed E-state index contributed by atoms with van der Waals surface area (Å²) in [6.45, 7) is 4.83. The van der Waals surface area contributed by atoms with Gasteiger partial charge in [0.15, 0.2) is 0 Å². The van der Waals surface area contributed by atoms with Crippen molar-refractivity contribution in [3.8, 4) is 0 Å². The third-order valence-electron chi connectivity index (χ3n) is 4.52. The van der Waals surface area contributed by atoms with Crippen molar-refractivity contribution in [2.45, 2.75) is 45.6 Å². The van der Waals surface area contributed by atoms with E-state index >= 15 is 0 Å². The first-order valence-electron chi connectivity index (χ1n) is 6.99. The number of nitrogens with two attached hydrogens (primary N) is 1. The van der Waals surface area contributed by atoms with Crippen LogP contribution in [-0.4, -0.2) is 24.4 Å². The summed E-state index contributed by atoms with van der Waals surface area (Å²) in [5.41, 5.74) is 5.93. The zero-order valence-electron chi connectivity index (χ0n) is 12.1. The Hall–Kier alpha value is -0.870. The molecule has 1 saturated carbocycles. The number of carbonyl (C=O) groups is 1. The lowest BCUT2D eigenvalue weighted by atomic mass is 9.66. The van der Waals surface area contributed by atoms with Crippen molar-refractivity contribution in [3.63, 3.8) is 0 Å². The fourth-order valence-corrected chi connectivity index (χ4v) is 3.63. The highest BCUT2D eigenvalue weighted by molar-refractivity contribution is 7.12. The lowest BCUT2D eigenvalue weighted by Crippen LogP contribution is -2.42. The first-order valence-corrected chi connectivity index (χ1v) is 7.81. The second kappa shape index (κ2) is 5.63. The van der Waals surface area contributed by atoms with Crippen LogP contribution in [0.1, 0.15) is 48.4 Å². The molecule has 1 aromatic heterocycles. The van der Waals surface area contributed by atoms with Gasteiger partial charge in [-0.05, 0) is 50.8 Å². The van der Waals surface area contributed by atoms with Crippen LogP contribution in [0.25, 0.3) is 0 Å². The van der Waals surface area contributed by atoms with Crippen LogP contribution in [0.2, 0.25) is 0 Å². The lowest BCUT2D eigenvalue weighted by Gasteiger charge is -2.41. The molecule has 1 aliphatic rings. The molecular weight excluding hydrogens is 256 g/mol. The monoisotopic (exact) mass is 280 g/mol. The molecule has 2 rings (SSSR count). The summed E-state index contributed by atoms with van der Waals surface area (Å²) in [6, 6.07) is 4.39. The Balaban J connectivity index is 1.98. The summed E-state index contributed by atoms with van der Waals surface area (Å²) in [5.74, 6) is 0.226. The van der Waals surface area contributed by atoms with Gasteiger partial charge < -0.3 is 10.6 Å². The molecule has 0 saturated heterocycles.